The second-order valence-electron chi connectivity index (χ2n) is 5.94. The van der Waals surface area contributed by atoms with Crippen LogP contribution in [0.2, 0.25) is 0 Å². The van der Waals surface area contributed by atoms with Crippen LogP contribution in [0.1, 0.15) is 49.7 Å². The van der Waals surface area contributed by atoms with Gasteiger partial charge in [0.2, 0.25) is 0 Å². The highest BCUT2D eigenvalue weighted by molar-refractivity contribution is 5.89. The molecule has 0 saturated carbocycles. The third-order valence-electron chi connectivity index (χ3n) is 3.09. The molecule has 1 aromatic heterocycles. The molecule has 0 saturated heterocycles. The van der Waals surface area contributed by atoms with E-state index in [1.165, 1.54) is 0 Å². The summed E-state index contributed by atoms with van der Waals surface area (Å²) in [5.74, 6) is 0. The predicted molar refractivity (Wildman–Crippen MR) is 76.1 cm³/mol. The van der Waals surface area contributed by atoms with Gasteiger partial charge in [-0.05, 0) is 51.7 Å². The van der Waals surface area contributed by atoms with Crippen LogP contribution in [0, 0.1) is 0 Å². The molecule has 0 spiro atoms. The number of hydrogen-bond donors (Lipinski definition) is 0. The number of rotatable bonds is 1. The Labute approximate surface area is 118 Å². The molecular weight excluding hydrogens is 256 g/mol. The monoisotopic (exact) mass is 276 g/mol. The van der Waals surface area contributed by atoms with Gasteiger partial charge in [0.05, 0.1) is 11.9 Å². The van der Waals surface area contributed by atoms with Gasteiger partial charge in [0, 0.05) is 6.54 Å². The van der Waals surface area contributed by atoms with Crippen molar-refractivity contribution in [2.45, 2.75) is 45.6 Å². The summed E-state index contributed by atoms with van der Waals surface area (Å²) >= 11 is 0. The molecule has 20 heavy (non-hydrogen) atoms. The molecule has 0 bridgehead atoms. The van der Waals surface area contributed by atoms with Gasteiger partial charge in [-0.3, -0.25) is 14.7 Å². The fourth-order valence-electron chi connectivity index (χ4n) is 2.23. The lowest BCUT2D eigenvalue weighted by Gasteiger charge is -2.27. The molecule has 1 amide bonds. The first kappa shape index (κ1) is 14.5. The summed E-state index contributed by atoms with van der Waals surface area (Å²) in [6, 6.07) is 1.75. The maximum absolute atomic E-state index is 12.3. The van der Waals surface area contributed by atoms with Crippen LogP contribution in [0.15, 0.2) is 12.3 Å². The third kappa shape index (κ3) is 3.35. The van der Waals surface area contributed by atoms with Crippen LogP contribution >= 0.6 is 0 Å². The van der Waals surface area contributed by atoms with Crippen molar-refractivity contribution in [3.63, 3.8) is 0 Å². The van der Waals surface area contributed by atoms with E-state index in [1.54, 1.807) is 17.2 Å². The van der Waals surface area contributed by atoms with E-state index in [2.05, 4.69) is 4.98 Å². The molecule has 1 aliphatic heterocycles. The van der Waals surface area contributed by atoms with Crippen molar-refractivity contribution in [1.29, 1.82) is 0 Å². The summed E-state index contributed by atoms with van der Waals surface area (Å²) in [5.41, 5.74) is 1.60. The van der Waals surface area contributed by atoms with E-state index in [-0.39, 0.29) is 6.09 Å². The lowest BCUT2D eigenvalue weighted by Crippen LogP contribution is -2.37. The summed E-state index contributed by atoms with van der Waals surface area (Å²) in [5, 5.41) is 0. The molecule has 5 heteroatoms. The molecule has 0 aliphatic carbocycles. The molecule has 0 atom stereocenters. The normalized spacial score (nSPS) is 15.2. The van der Waals surface area contributed by atoms with Crippen LogP contribution < -0.4 is 4.90 Å². The number of hydrogen-bond acceptors (Lipinski definition) is 4. The Hall–Kier alpha value is -1.91. The van der Waals surface area contributed by atoms with Gasteiger partial charge in [0.15, 0.2) is 6.29 Å². The molecule has 0 unspecified atom stereocenters. The van der Waals surface area contributed by atoms with E-state index in [1.807, 2.05) is 20.8 Å². The topological polar surface area (TPSA) is 59.5 Å². The van der Waals surface area contributed by atoms with E-state index in [0.29, 0.717) is 12.2 Å². The van der Waals surface area contributed by atoms with Gasteiger partial charge in [-0.1, -0.05) is 0 Å². The second-order valence-corrected chi connectivity index (χ2v) is 5.94. The highest BCUT2D eigenvalue weighted by Gasteiger charge is 2.26. The van der Waals surface area contributed by atoms with E-state index in [9.17, 15) is 9.59 Å². The zero-order valence-electron chi connectivity index (χ0n) is 12.2. The maximum atomic E-state index is 12.3. The Morgan fingerprint density at radius 3 is 2.80 bits per heavy atom. The van der Waals surface area contributed by atoms with Crippen molar-refractivity contribution < 1.29 is 14.3 Å². The number of carbonyl (C=O) groups is 2. The van der Waals surface area contributed by atoms with Crippen molar-refractivity contribution in [3.8, 4) is 0 Å². The smallest absolute Gasteiger partial charge is 0.414 e. The molecule has 0 N–H and O–H groups in total. The first-order chi connectivity index (χ1) is 9.40. The molecule has 5 nitrogen and oxygen atoms in total. The quantitative estimate of drug-likeness (QED) is 0.740. The summed E-state index contributed by atoms with van der Waals surface area (Å²) in [6.45, 7) is 6.15. The van der Waals surface area contributed by atoms with Crippen LogP contribution in [-0.4, -0.2) is 29.5 Å². The van der Waals surface area contributed by atoms with Gasteiger partial charge in [0.25, 0.3) is 0 Å². The van der Waals surface area contributed by atoms with Gasteiger partial charge < -0.3 is 4.74 Å². The highest BCUT2D eigenvalue weighted by atomic mass is 16.6. The van der Waals surface area contributed by atoms with Gasteiger partial charge in [-0.2, -0.15) is 0 Å². The maximum Gasteiger partial charge on any atom is 0.414 e. The van der Waals surface area contributed by atoms with E-state index >= 15 is 0 Å². The summed E-state index contributed by atoms with van der Waals surface area (Å²) < 4.78 is 5.44. The van der Waals surface area contributed by atoms with Gasteiger partial charge >= 0.3 is 6.09 Å². The lowest BCUT2D eigenvalue weighted by molar-refractivity contribution is 0.0580. The van der Waals surface area contributed by atoms with Crippen LogP contribution in [-0.2, 0) is 11.2 Å². The average Bonchev–Trinajstić information content (AvgIpc) is 2.57. The summed E-state index contributed by atoms with van der Waals surface area (Å²) in [4.78, 5) is 28.8. The van der Waals surface area contributed by atoms with Gasteiger partial charge in [-0.25, -0.2) is 4.79 Å². The standard InChI is InChI=1S/C15H20N2O3/c1-15(2,3)20-14(19)17-7-5-4-6-11-8-12(10-18)16-9-13(11)17/h8-10H,4-7H2,1-3H3. The average molecular weight is 276 g/mol. The predicted octanol–water partition coefficient (Wildman–Crippen LogP) is 2.97. The highest BCUT2D eigenvalue weighted by Crippen LogP contribution is 2.27. The fourth-order valence-corrected chi connectivity index (χ4v) is 2.23. The molecule has 1 aromatic rings. The van der Waals surface area contributed by atoms with Crippen molar-refractivity contribution in [1.82, 2.24) is 4.98 Å². The van der Waals surface area contributed by atoms with Crippen molar-refractivity contribution in [2.75, 3.05) is 11.4 Å². The largest absolute Gasteiger partial charge is 0.443 e. The Morgan fingerprint density at radius 1 is 1.40 bits per heavy atom. The Kier molecular flexibility index (Phi) is 4.06. The van der Waals surface area contributed by atoms with E-state index in [4.69, 9.17) is 4.74 Å². The number of anilines is 1. The molecule has 1 aliphatic rings. The third-order valence-corrected chi connectivity index (χ3v) is 3.09. The number of nitrogens with zero attached hydrogens (tertiary/aromatic N) is 2. The van der Waals surface area contributed by atoms with Crippen molar-refractivity contribution in [3.05, 3.63) is 23.5 Å². The molecule has 0 fully saturated rings. The number of pyridine rings is 1. The van der Waals surface area contributed by atoms with Gasteiger partial charge in [-0.15, -0.1) is 0 Å². The van der Waals surface area contributed by atoms with Crippen LogP contribution in [0.5, 0.6) is 0 Å². The minimum absolute atomic E-state index is 0.360. The summed E-state index contributed by atoms with van der Waals surface area (Å²) in [6.07, 6.45) is 4.69. The van der Waals surface area contributed by atoms with Crippen molar-refractivity contribution in [2.24, 2.45) is 0 Å². The molecule has 2 heterocycles. The fraction of sp³-hybridized carbons (Fsp3) is 0.533. The number of aryl methyl sites for hydroxylation is 1. The van der Waals surface area contributed by atoms with E-state index in [0.717, 1.165) is 36.8 Å². The Balaban J connectivity index is 2.32. The number of carbonyl (C=O) groups excluding carboxylic acids is 2. The minimum atomic E-state index is -0.528. The first-order valence-corrected chi connectivity index (χ1v) is 6.85. The zero-order chi connectivity index (χ0) is 14.8. The second kappa shape index (κ2) is 5.61. The number of fused-ring (bicyclic) bond motifs is 1. The minimum Gasteiger partial charge on any atom is -0.443 e. The van der Waals surface area contributed by atoms with E-state index < -0.39 is 5.60 Å². The SMILES string of the molecule is CC(C)(C)OC(=O)N1CCCCc2cc(C=O)ncc21. The molecule has 108 valence electrons. The zero-order valence-corrected chi connectivity index (χ0v) is 12.2. The number of ether oxygens (including phenoxy) is 1. The molecular formula is C15H20N2O3. The molecule has 0 aromatic carbocycles. The summed E-state index contributed by atoms with van der Waals surface area (Å²) in [7, 11) is 0. The molecule has 2 rings (SSSR count). The number of amides is 1. The Bertz CT molecular complexity index is 520. The van der Waals surface area contributed by atoms with Crippen LogP contribution in [0.4, 0.5) is 10.5 Å². The number of aromatic nitrogens is 1. The Morgan fingerprint density at radius 2 is 2.15 bits per heavy atom. The van der Waals surface area contributed by atoms with Gasteiger partial charge in [0.1, 0.15) is 11.3 Å². The van der Waals surface area contributed by atoms with Crippen LogP contribution in [0.3, 0.4) is 0 Å². The van der Waals surface area contributed by atoms with Crippen molar-refractivity contribution >= 4 is 18.1 Å². The molecule has 0 radical (unpaired) electrons. The first-order valence-electron chi connectivity index (χ1n) is 6.85. The van der Waals surface area contributed by atoms with Crippen LogP contribution in [0.25, 0.3) is 0 Å². The lowest BCUT2D eigenvalue weighted by atomic mass is 10.1. The number of aldehydes is 1.